The fraction of sp³-hybridized carbons (Fsp3) is 0.800. The first kappa shape index (κ1) is 15.3. The van der Waals surface area contributed by atoms with E-state index in [1.54, 1.807) is 0 Å². The van der Waals surface area contributed by atoms with Crippen molar-refractivity contribution in [3.63, 3.8) is 0 Å². The molecule has 0 aromatic carbocycles. The van der Waals surface area contributed by atoms with Gasteiger partial charge in [-0.05, 0) is 40.0 Å². The van der Waals surface area contributed by atoms with Crippen LogP contribution in [-0.4, -0.2) is 48.1 Å². The highest BCUT2D eigenvalue weighted by atomic mass is 19.1. The zero-order chi connectivity index (χ0) is 14.8. The van der Waals surface area contributed by atoms with Crippen LogP contribution in [0.2, 0.25) is 0 Å². The third-order valence-corrected chi connectivity index (χ3v) is 3.78. The predicted octanol–water partition coefficient (Wildman–Crippen LogP) is 3.07. The van der Waals surface area contributed by atoms with Crippen LogP contribution in [0.3, 0.4) is 0 Å². The summed E-state index contributed by atoms with van der Waals surface area (Å²) in [6.45, 7) is 6.41. The highest BCUT2D eigenvalue weighted by molar-refractivity contribution is 5.68. The molecule has 0 aromatic rings. The van der Waals surface area contributed by atoms with E-state index in [0.717, 1.165) is 6.42 Å². The number of ether oxygens (including phenoxy) is 2. The molecule has 114 valence electrons. The van der Waals surface area contributed by atoms with Crippen LogP contribution < -0.4 is 0 Å². The van der Waals surface area contributed by atoms with Crippen molar-refractivity contribution in [1.29, 1.82) is 0 Å². The summed E-state index contributed by atoms with van der Waals surface area (Å²) in [5, 5.41) is 0. The molecule has 1 fully saturated rings. The van der Waals surface area contributed by atoms with Gasteiger partial charge in [-0.15, -0.1) is 0 Å². The number of piperidine rings is 1. The van der Waals surface area contributed by atoms with E-state index in [9.17, 15) is 9.18 Å². The van der Waals surface area contributed by atoms with Crippen LogP contribution in [-0.2, 0) is 9.47 Å². The fourth-order valence-corrected chi connectivity index (χ4v) is 2.67. The van der Waals surface area contributed by atoms with Crippen LogP contribution in [0.15, 0.2) is 12.2 Å². The number of amides is 1. The van der Waals surface area contributed by atoms with E-state index in [4.69, 9.17) is 9.47 Å². The van der Waals surface area contributed by atoms with Gasteiger partial charge >= 0.3 is 6.09 Å². The predicted molar refractivity (Wildman–Crippen MR) is 74.4 cm³/mol. The standard InChI is InChI=1S/C15H24FNO3/c1-14(2,3)20-13(18)17-9-8-15(12(16)11-17)7-5-4-6-10-19-15/h4,6,12H,5,7-11H2,1-3H3/t12-,15-/m0/s1. The van der Waals surface area contributed by atoms with Gasteiger partial charge in [0.25, 0.3) is 0 Å². The van der Waals surface area contributed by atoms with E-state index in [-0.39, 0.29) is 6.54 Å². The maximum Gasteiger partial charge on any atom is 0.410 e. The minimum absolute atomic E-state index is 0.0505. The van der Waals surface area contributed by atoms with Crippen molar-refractivity contribution in [2.75, 3.05) is 19.7 Å². The summed E-state index contributed by atoms with van der Waals surface area (Å²) in [5.74, 6) is 0. The molecule has 0 aromatic heterocycles. The number of likely N-dealkylation sites (tertiary alicyclic amines) is 1. The second-order valence-electron chi connectivity index (χ2n) is 6.53. The summed E-state index contributed by atoms with van der Waals surface area (Å²) < 4.78 is 25.6. The SMILES string of the molecule is CC(C)(C)OC(=O)N1CC[C@@]2(CCC=CCO2)[C@@H](F)C1. The minimum atomic E-state index is -1.16. The molecule has 2 aliphatic rings. The number of hydrogen-bond acceptors (Lipinski definition) is 3. The summed E-state index contributed by atoms with van der Waals surface area (Å²) in [6.07, 6.45) is 4.38. The number of halogens is 1. The smallest absolute Gasteiger partial charge is 0.410 e. The Morgan fingerprint density at radius 1 is 1.40 bits per heavy atom. The quantitative estimate of drug-likeness (QED) is 0.642. The lowest BCUT2D eigenvalue weighted by Gasteiger charge is -2.43. The fourth-order valence-electron chi connectivity index (χ4n) is 2.67. The molecule has 2 atom stereocenters. The van der Waals surface area contributed by atoms with Crippen LogP contribution in [0.4, 0.5) is 9.18 Å². The number of rotatable bonds is 0. The van der Waals surface area contributed by atoms with Crippen molar-refractivity contribution < 1.29 is 18.7 Å². The molecule has 5 heteroatoms. The van der Waals surface area contributed by atoms with E-state index in [1.807, 2.05) is 32.9 Å². The Hall–Kier alpha value is -1.10. The molecule has 4 nitrogen and oxygen atoms in total. The van der Waals surface area contributed by atoms with E-state index >= 15 is 0 Å². The van der Waals surface area contributed by atoms with E-state index in [2.05, 4.69) is 0 Å². The molecule has 0 unspecified atom stereocenters. The van der Waals surface area contributed by atoms with Crippen LogP contribution in [0.25, 0.3) is 0 Å². The van der Waals surface area contributed by atoms with Crippen LogP contribution in [0.5, 0.6) is 0 Å². The molecule has 1 saturated heterocycles. The Labute approximate surface area is 119 Å². The number of carbonyl (C=O) groups excluding carboxylic acids is 1. The summed E-state index contributed by atoms with van der Waals surface area (Å²) in [5.41, 5.74) is -1.29. The zero-order valence-electron chi connectivity index (χ0n) is 12.5. The second-order valence-corrected chi connectivity index (χ2v) is 6.53. The lowest BCUT2D eigenvalue weighted by molar-refractivity contribution is -0.123. The lowest BCUT2D eigenvalue weighted by Crippen LogP contribution is -2.56. The van der Waals surface area contributed by atoms with Crippen molar-refractivity contribution in [2.45, 2.75) is 57.4 Å². The highest BCUT2D eigenvalue weighted by Crippen LogP contribution is 2.35. The van der Waals surface area contributed by atoms with Crippen LogP contribution in [0, 0.1) is 0 Å². The monoisotopic (exact) mass is 285 g/mol. The largest absolute Gasteiger partial charge is 0.444 e. The highest BCUT2D eigenvalue weighted by Gasteiger charge is 2.46. The van der Waals surface area contributed by atoms with E-state index in [0.29, 0.717) is 26.0 Å². The van der Waals surface area contributed by atoms with Crippen molar-refractivity contribution >= 4 is 6.09 Å². The third-order valence-electron chi connectivity index (χ3n) is 3.78. The van der Waals surface area contributed by atoms with Crippen LogP contribution in [0.1, 0.15) is 40.0 Å². The molecular formula is C15H24FNO3. The number of allylic oxidation sites excluding steroid dienone is 1. The number of alkyl halides is 1. The van der Waals surface area contributed by atoms with E-state index < -0.39 is 23.5 Å². The van der Waals surface area contributed by atoms with Gasteiger partial charge < -0.3 is 14.4 Å². The number of hydrogen-bond donors (Lipinski definition) is 0. The normalized spacial score (nSPS) is 31.2. The number of carbonyl (C=O) groups is 1. The maximum atomic E-state index is 14.5. The summed E-state index contributed by atoms with van der Waals surface area (Å²) in [6, 6.07) is 0. The Bertz CT molecular complexity index is 379. The molecular weight excluding hydrogens is 261 g/mol. The zero-order valence-corrected chi connectivity index (χ0v) is 12.5. The van der Waals surface area contributed by atoms with Gasteiger partial charge in [0.2, 0.25) is 0 Å². The first-order valence-corrected chi connectivity index (χ1v) is 7.23. The molecule has 0 saturated carbocycles. The van der Waals surface area contributed by atoms with Gasteiger partial charge in [0.1, 0.15) is 17.4 Å². The molecule has 2 aliphatic heterocycles. The maximum absolute atomic E-state index is 14.5. The molecule has 0 bridgehead atoms. The molecule has 2 rings (SSSR count). The van der Waals surface area contributed by atoms with Gasteiger partial charge in [0, 0.05) is 6.54 Å². The second kappa shape index (κ2) is 5.72. The van der Waals surface area contributed by atoms with Gasteiger partial charge in [-0.25, -0.2) is 9.18 Å². The van der Waals surface area contributed by atoms with Crippen LogP contribution >= 0.6 is 0 Å². The summed E-state index contributed by atoms with van der Waals surface area (Å²) in [7, 11) is 0. The Kier molecular flexibility index (Phi) is 4.37. The Morgan fingerprint density at radius 2 is 2.15 bits per heavy atom. The lowest BCUT2D eigenvalue weighted by atomic mass is 9.85. The van der Waals surface area contributed by atoms with Gasteiger partial charge in [-0.3, -0.25) is 0 Å². The summed E-state index contributed by atoms with van der Waals surface area (Å²) >= 11 is 0. The summed E-state index contributed by atoms with van der Waals surface area (Å²) in [4.78, 5) is 13.4. The average Bonchev–Trinajstić information content (AvgIpc) is 2.57. The molecule has 1 spiro atoms. The Morgan fingerprint density at radius 3 is 2.80 bits per heavy atom. The molecule has 1 amide bonds. The molecule has 0 aliphatic carbocycles. The van der Waals surface area contributed by atoms with Gasteiger partial charge in [-0.2, -0.15) is 0 Å². The average molecular weight is 285 g/mol. The van der Waals surface area contributed by atoms with Gasteiger partial charge in [0.05, 0.1) is 13.2 Å². The molecule has 20 heavy (non-hydrogen) atoms. The van der Waals surface area contributed by atoms with Gasteiger partial charge in [-0.1, -0.05) is 12.2 Å². The topological polar surface area (TPSA) is 38.8 Å². The Balaban J connectivity index is 1.96. The minimum Gasteiger partial charge on any atom is -0.444 e. The molecule has 2 heterocycles. The van der Waals surface area contributed by atoms with Crippen molar-refractivity contribution in [2.24, 2.45) is 0 Å². The van der Waals surface area contributed by atoms with Gasteiger partial charge in [0.15, 0.2) is 0 Å². The van der Waals surface area contributed by atoms with Crippen molar-refractivity contribution in [3.8, 4) is 0 Å². The van der Waals surface area contributed by atoms with Crippen molar-refractivity contribution in [1.82, 2.24) is 4.90 Å². The molecule has 0 N–H and O–H groups in total. The van der Waals surface area contributed by atoms with Crippen molar-refractivity contribution in [3.05, 3.63) is 12.2 Å². The molecule has 0 radical (unpaired) electrons. The first-order chi connectivity index (χ1) is 9.32. The number of nitrogens with zero attached hydrogens (tertiary/aromatic N) is 1. The van der Waals surface area contributed by atoms with E-state index in [1.165, 1.54) is 4.90 Å². The third kappa shape index (κ3) is 3.51. The first-order valence-electron chi connectivity index (χ1n) is 7.23.